The van der Waals surface area contributed by atoms with Crippen molar-refractivity contribution in [3.8, 4) is 11.1 Å². The SMILES string of the molecule is CCOC(=O)c1c(C(F)(F)F)nc(C(F)F)c(C(O)c2ccc3ccccc3c2)c1-c1ccccc1. The molecule has 4 rings (SSSR count). The molecule has 186 valence electrons. The Labute approximate surface area is 203 Å². The van der Waals surface area contributed by atoms with E-state index in [0.717, 1.165) is 5.39 Å². The van der Waals surface area contributed by atoms with E-state index in [2.05, 4.69) is 4.98 Å². The van der Waals surface area contributed by atoms with E-state index < -0.39 is 52.8 Å². The molecule has 0 aliphatic heterocycles. The van der Waals surface area contributed by atoms with Crippen LogP contribution in [0.1, 0.15) is 52.3 Å². The van der Waals surface area contributed by atoms with Gasteiger partial charge in [0.1, 0.15) is 11.8 Å². The van der Waals surface area contributed by atoms with Crippen LogP contribution in [-0.2, 0) is 10.9 Å². The van der Waals surface area contributed by atoms with E-state index in [0.29, 0.717) is 5.39 Å². The van der Waals surface area contributed by atoms with Crippen LogP contribution in [0.4, 0.5) is 22.0 Å². The lowest BCUT2D eigenvalue weighted by Gasteiger charge is -2.25. The molecule has 0 radical (unpaired) electrons. The lowest BCUT2D eigenvalue weighted by Crippen LogP contribution is -2.23. The Hall–Kier alpha value is -3.85. The van der Waals surface area contributed by atoms with Gasteiger partial charge in [-0.05, 0) is 34.9 Å². The molecule has 0 spiro atoms. The fourth-order valence-corrected chi connectivity index (χ4v) is 4.12. The van der Waals surface area contributed by atoms with Gasteiger partial charge >= 0.3 is 12.1 Å². The second kappa shape index (κ2) is 10.0. The number of aliphatic hydroxyl groups is 1. The van der Waals surface area contributed by atoms with Crippen molar-refractivity contribution in [1.29, 1.82) is 0 Å². The normalized spacial score (nSPS) is 12.7. The molecule has 0 amide bonds. The molecule has 1 aromatic heterocycles. The first-order valence-electron chi connectivity index (χ1n) is 11.0. The van der Waals surface area contributed by atoms with E-state index >= 15 is 0 Å². The number of alkyl halides is 5. The zero-order chi connectivity index (χ0) is 26.0. The summed E-state index contributed by atoms with van der Waals surface area (Å²) in [6.07, 6.45) is -10.5. The Kier molecular flexibility index (Phi) is 7.03. The highest BCUT2D eigenvalue weighted by molar-refractivity contribution is 6.00. The van der Waals surface area contributed by atoms with E-state index in [4.69, 9.17) is 4.74 Å². The fourth-order valence-electron chi connectivity index (χ4n) is 4.12. The van der Waals surface area contributed by atoms with E-state index in [9.17, 15) is 31.9 Å². The Morgan fingerprint density at radius 1 is 0.972 bits per heavy atom. The molecule has 36 heavy (non-hydrogen) atoms. The second-order valence-electron chi connectivity index (χ2n) is 7.90. The highest BCUT2D eigenvalue weighted by Gasteiger charge is 2.43. The van der Waals surface area contributed by atoms with Gasteiger partial charge in [0.15, 0.2) is 5.69 Å². The van der Waals surface area contributed by atoms with Crippen LogP contribution in [-0.4, -0.2) is 22.7 Å². The molecule has 4 aromatic rings. The third-order valence-corrected chi connectivity index (χ3v) is 5.64. The smallest absolute Gasteiger partial charge is 0.434 e. The van der Waals surface area contributed by atoms with E-state index in [1.165, 1.54) is 37.3 Å². The molecule has 0 aliphatic rings. The van der Waals surface area contributed by atoms with Gasteiger partial charge in [-0.15, -0.1) is 0 Å². The van der Waals surface area contributed by atoms with E-state index in [1.807, 2.05) is 6.07 Å². The maximum Gasteiger partial charge on any atom is 0.434 e. The molecular weight excluding hydrogens is 481 g/mol. The number of rotatable bonds is 6. The number of pyridine rings is 1. The summed E-state index contributed by atoms with van der Waals surface area (Å²) in [5.74, 6) is -1.39. The Bertz CT molecular complexity index is 1400. The van der Waals surface area contributed by atoms with Crippen molar-refractivity contribution in [3.63, 3.8) is 0 Å². The van der Waals surface area contributed by atoms with Crippen molar-refractivity contribution < 1.29 is 36.6 Å². The molecule has 0 saturated carbocycles. The van der Waals surface area contributed by atoms with Crippen LogP contribution < -0.4 is 0 Å². The molecule has 1 N–H and O–H groups in total. The Morgan fingerprint density at radius 2 is 1.61 bits per heavy atom. The first-order chi connectivity index (χ1) is 17.1. The van der Waals surface area contributed by atoms with Crippen molar-refractivity contribution in [1.82, 2.24) is 4.98 Å². The molecular formula is C27H20F5NO3. The van der Waals surface area contributed by atoms with Crippen LogP contribution in [0.5, 0.6) is 0 Å². The molecule has 1 atom stereocenters. The number of ether oxygens (including phenoxy) is 1. The largest absolute Gasteiger partial charge is 0.462 e. The summed E-state index contributed by atoms with van der Waals surface area (Å²) in [7, 11) is 0. The summed E-state index contributed by atoms with van der Waals surface area (Å²) >= 11 is 0. The maximum absolute atomic E-state index is 14.2. The van der Waals surface area contributed by atoms with Crippen molar-refractivity contribution in [2.75, 3.05) is 6.61 Å². The molecule has 0 saturated heterocycles. The van der Waals surface area contributed by atoms with Gasteiger partial charge in [0.2, 0.25) is 0 Å². The number of esters is 1. The predicted octanol–water partition coefficient (Wildman–Crippen LogP) is 7.12. The average Bonchev–Trinajstić information content (AvgIpc) is 2.86. The average molecular weight is 501 g/mol. The summed E-state index contributed by atoms with van der Waals surface area (Å²) in [5, 5.41) is 12.8. The van der Waals surface area contributed by atoms with Gasteiger partial charge in [-0.3, -0.25) is 0 Å². The van der Waals surface area contributed by atoms with Crippen LogP contribution in [0, 0.1) is 0 Å². The van der Waals surface area contributed by atoms with Crippen molar-refractivity contribution in [2.24, 2.45) is 0 Å². The number of hydrogen-bond acceptors (Lipinski definition) is 4. The predicted molar refractivity (Wildman–Crippen MR) is 124 cm³/mol. The van der Waals surface area contributed by atoms with E-state index in [-0.39, 0.29) is 17.7 Å². The highest BCUT2D eigenvalue weighted by Crippen LogP contribution is 2.44. The lowest BCUT2D eigenvalue weighted by molar-refractivity contribution is -0.142. The standard InChI is InChI=1S/C27H20F5NO3/c1-2-36-26(35)21-19(16-9-4-3-5-10-16)20(22(25(28)29)33-24(21)27(30,31)32)23(34)18-13-12-15-8-6-7-11-17(15)14-18/h3-14,23,25,34H,2H2,1H3. The van der Waals surface area contributed by atoms with E-state index in [1.54, 1.807) is 36.4 Å². The molecule has 0 aliphatic carbocycles. The van der Waals surface area contributed by atoms with Crippen molar-refractivity contribution >= 4 is 16.7 Å². The van der Waals surface area contributed by atoms with Crippen LogP contribution in [0.2, 0.25) is 0 Å². The number of nitrogens with zero attached hydrogens (tertiary/aromatic N) is 1. The number of carbonyl (C=O) groups excluding carboxylic acids is 1. The molecule has 3 aromatic carbocycles. The molecule has 4 nitrogen and oxygen atoms in total. The van der Waals surface area contributed by atoms with Crippen molar-refractivity contribution in [3.05, 3.63) is 101 Å². The number of aromatic nitrogens is 1. The second-order valence-corrected chi connectivity index (χ2v) is 7.90. The first kappa shape index (κ1) is 25.2. The van der Waals surface area contributed by atoms with Gasteiger partial charge in [-0.25, -0.2) is 18.6 Å². The third kappa shape index (κ3) is 4.79. The lowest BCUT2D eigenvalue weighted by atomic mass is 9.86. The minimum Gasteiger partial charge on any atom is -0.462 e. The molecule has 0 fully saturated rings. The summed E-state index contributed by atoms with van der Waals surface area (Å²) in [5.41, 5.74) is -5.04. The summed E-state index contributed by atoms with van der Waals surface area (Å²) < 4.78 is 75.5. The zero-order valence-corrected chi connectivity index (χ0v) is 18.9. The minimum absolute atomic E-state index is 0.0187. The van der Waals surface area contributed by atoms with Crippen molar-refractivity contribution in [2.45, 2.75) is 25.6 Å². The van der Waals surface area contributed by atoms with Gasteiger partial charge in [-0.2, -0.15) is 13.2 Å². The molecule has 1 unspecified atom stereocenters. The first-order valence-corrected chi connectivity index (χ1v) is 11.0. The Morgan fingerprint density at radius 3 is 2.22 bits per heavy atom. The number of halogens is 5. The summed E-state index contributed by atoms with van der Waals surface area (Å²) in [6.45, 7) is 1.14. The molecule has 1 heterocycles. The maximum atomic E-state index is 14.2. The van der Waals surface area contributed by atoms with Gasteiger partial charge < -0.3 is 9.84 Å². The van der Waals surface area contributed by atoms with Crippen LogP contribution in [0.15, 0.2) is 72.8 Å². The minimum atomic E-state index is -5.25. The quantitative estimate of drug-likeness (QED) is 0.226. The zero-order valence-electron chi connectivity index (χ0n) is 18.9. The monoisotopic (exact) mass is 501 g/mol. The number of aliphatic hydroxyl groups excluding tert-OH is 1. The number of fused-ring (bicyclic) bond motifs is 1. The van der Waals surface area contributed by atoms with Crippen LogP contribution in [0.25, 0.3) is 21.9 Å². The number of benzene rings is 3. The number of hydrogen-bond donors (Lipinski definition) is 1. The van der Waals surface area contributed by atoms with Gasteiger partial charge in [0.05, 0.1) is 12.2 Å². The topological polar surface area (TPSA) is 59.4 Å². The Balaban J connectivity index is 2.12. The molecule has 0 bridgehead atoms. The highest BCUT2D eigenvalue weighted by atomic mass is 19.4. The van der Waals surface area contributed by atoms with Gasteiger partial charge in [0, 0.05) is 11.1 Å². The third-order valence-electron chi connectivity index (χ3n) is 5.64. The molecule has 9 heteroatoms. The van der Waals surface area contributed by atoms with Gasteiger partial charge in [0.25, 0.3) is 6.43 Å². The van der Waals surface area contributed by atoms with Gasteiger partial charge in [-0.1, -0.05) is 66.7 Å². The number of carbonyl (C=O) groups is 1. The summed E-state index contributed by atoms with van der Waals surface area (Å²) in [4.78, 5) is 16.0. The van der Waals surface area contributed by atoms with Crippen LogP contribution >= 0.6 is 0 Å². The summed E-state index contributed by atoms with van der Waals surface area (Å²) in [6, 6.07) is 19.0. The van der Waals surface area contributed by atoms with Crippen LogP contribution in [0.3, 0.4) is 0 Å². The fraction of sp³-hybridized carbons (Fsp3) is 0.185.